The lowest BCUT2D eigenvalue weighted by atomic mass is 10.1. The van der Waals surface area contributed by atoms with Crippen LogP contribution in [0.15, 0.2) is 42.6 Å². The fourth-order valence-corrected chi connectivity index (χ4v) is 4.78. The number of ether oxygens (including phenoxy) is 2. The van der Waals surface area contributed by atoms with Crippen LogP contribution in [0, 0.1) is 0 Å². The number of methoxy groups -OCH3 is 2. The number of rotatable bonds is 9. The van der Waals surface area contributed by atoms with Crippen LogP contribution in [0.2, 0.25) is 0 Å². The second-order valence-corrected chi connectivity index (χ2v) is 8.89. The maximum atomic E-state index is 12.5. The third-order valence-corrected chi connectivity index (χ3v) is 6.48. The summed E-state index contributed by atoms with van der Waals surface area (Å²) in [4.78, 5) is 36.6. The van der Waals surface area contributed by atoms with E-state index in [4.69, 9.17) is 9.47 Å². The van der Waals surface area contributed by atoms with E-state index in [2.05, 4.69) is 25.5 Å². The van der Waals surface area contributed by atoms with Gasteiger partial charge in [0.15, 0.2) is 16.6 Å². The first-order valence-corrected chi connectivity index (χ1v) is 11.8. The summed E-state index contributed by atoms with van der Waals surface area (Å²) in [6.45, 7) is 2.24. The lowest BCUT2D eigenvalue weighted by Gasteiger charge is -2.25. The maximum Gasteiger partial charge on any atom is 0.276 e. The van der Waals surface area contributed by atoms with Crippen molar-refractivity contribution in [2.75, 3.05) is 39.2 Å². The van der Waals surface area contributed by atoms with Gasteiger partial charge in [0.1, 0.15) is 5.69 Å². The Labute approximate surface area is 202 Å². The van der Waals surface area contributed by atoms with E-state index >= 15 is 0 Å². The normalized spacial score (nSPS) is 13.1. The Balaban J connectivity index is 1.25. The Morgan fingerprint density at radius 2 is 2.00 bits per heavy atom. The van der Waals surface area contributed by atoms with Crippen molar-refractivity contribution in [1.29, 1.82) is 0 Å². The minimum Gasteiger partial charge on any atom is -0.493 e. The largest absolute Gasteiger partial charge is 0.493 e. The summed E-state index contributed by atoms with van der Waals surface area (Å²) < 4.78 is 10.6. The van der Waals surface area contributed by atoms with Gasteiger partial charge in [0.05, 0.1) is 26.5 Å². The molecule has 0 bridgehead atoms. The van der Waals surface area contributed by atoms with Crippen LogP contribution in [-0.4, -0.2) is 60.5 Å². The fourth-order valence-electron chi connectivity index (χ4n) is 3.74. The minimum atomic E-state index is -0.280. The Morgan fingerprint density at radius 3 is 2.76 bits per heavy atom. The molecule has 1 aliphatic heterocycles. The van der Waals surface area contributed by atoms with E-state index in [1.165, 1.54) is 11.3 Å². The first-order valence-electron chi connectivity index (χ1n) is 11.0. The van der Waals surface area contributed by atoms with Gasteiger partial charge in [-0.3, -0.25) is 24.8 Å². The van der Waals surface area contributed by atoms with E-state index in [0.29, 0.717) is 48.4 Å². The molecule has 0 radical (unpaired) electrons. The van der Waals surface area contributed by atoms with Crippen LogP contribution in [-0.2, 0) is 24.2 Å². The lowest BCUT2D eigenvalue weighted by molar-refractivity contribution is -0.122. The second kappa shape index (κ2) is 11.1. The summed E-state index contributed by atoms with van der Waals surface area (Å²) in [5.74, 6) is 1.06. The van der Waals surface area contributed by atoms with Crippen LogP contribution in [0.3, 0.4) is 0 Å². The molecule has 0 spiro atoms. The van der Waals surface area contributed by atoms with Crippen molar-refractivity contribution < 1.29 is 19.1 Å². The number of hydrogen-bond donors (Lipinski definition) is 2. The number of thiazole rings is 1. The number of nitrogens with one attached hydrogen (secondary N) is 2. The van der Waals surface area contributed by atoms with E-state index in [1.54, 1.807) is 38.6 Å². The van der Waals surface area contributed by atoms with Crippen molar-refractivity contribution in [1.82, 2.24) is 20.2 Å². The van der Waals surface area contributed by atoms with Gasteiger partial charge in [-0.05, 0) is 36.2 Å². The molecule has 0 unspecified atom stereocenters. The van der Waals surface area contributed by atoms with Crippen LogP contribution >= 0.6 is 11.3 Å². The molecule has 34 heavy (non-hydrogen) atoms. The standard InChI is InChI=1S/C24H27N5O4S/c1-32-19-7-6-16(13-20(19)33-2)8-11-26-22(30)15-29-12-9-17-21(14-29)34-24(27-17)28-23(31)18-5-3-4-10-25-18/h3-7,10,13H,8-9,11-12,14-15H2,1-2H3,(H,26,30)(H,27,28,31). The van der Waals surface area contributed by atoms with E-state index < -0.39 is 0 Å². The molecule has 4 rings (SSSR count). The molecule has 0 saturated heterocycles. The van der Waals surface area contributed by atoms with Crippen LogP contribution in [0.25, 0.3) is 0 Å². The smallest absolute Gasteiger partial charge is 0.276 e. The molecule has 3 aromatic rings. The Bertz CT molecular complexity index is 1150. The molecule has 0 atom stereocenters. The molecule has 9 nitrogen and oxygen atoms in total. The van der Waals surface area contributed by atoms with Gasteiger partial charge in [-0.2, -0.15) is 0 Å². The molecule has 1 aromatic carbocycles. The van der Waals surface area contributed by atoms with Crippen molar-refractivity contribution >= 4 is 28.3 Å². The van der Waals surface area contributed by atoms with Gasteiger partial charge in [0.2, 0.25) is 5.91 Å². The highest BCUT2D eigenvalue weighted by molar-refractivity contribution is 7.15. The quantitative estimate of drug-likeness (QED) is 0.484. The topological polar surface area (TPSA) is 106 Å². The first kappa shape index (κ1) is 23.7. The highest BCUT2D eigenvalue weighted by Crippen LogP contribution is 2.29. The molecular formula is C24H27N5O4S. The number of nitrogens with zero attached hydrogens (tertiary/aromatic N) is 3. The molecule has 0 aliphatic carbocycles. The zero-order valence-electron chi connectivity index (χ0n) is 19.2. The van der Waals surface area contributed by atoms with Crippen LogP contribution < -0.4 is 20.1 Å². The number of fused-ring (bicyclic) bond motifs is 1. The number of carbonyl (C=O) groups is 2. The predicted octanol–water partition coefficient (Wildman–Crippen LogP) is 2.52. The zero-order valence-corrected chi connectivity index (χ0v) is 20.0. The second-order valence-electron chi connectivity index (χ2n) is 7.81. The highest BCUT2D eigenvalue weighted by Gasteiger charge is 2.23. The summed E-state index contributed by atoms with van der Waals surface area (Å²) in [5.41, 5.74) is 2.39. The van der Waals surface area contributed by atoms with Gasteiger partial charge < -0.3 is 14.8 Å². The average Bonchev–Trinajstić information content (AvgIpc) is 3.25. The van der Waals surface area contributed by atoms with Gasteiger partial charge in [0.25, 0.3) is 5.91 Å². The van der Waals surface area contributed by atoms with Gasteiger partial charge in [-0.25, -0.2) is 4.98 Å². The fraction of sp³-hybridized carbons (Fsp3) is 0.333. The SMILES string of the molecule is COc1ccc(CCNC(=O)CN2CCc3nc(NC(=O)c4ccccn4)sc3C2)cc1OC. The lowest BCUT2D eigenvalue weighted by Crippen LogP contribution is -2.40. The average molecular weight is 482 g/mol. The molecular weight excluding hydrogens is 454 g/mol. The highest BCUT2D eigenvalue weighted by atomic mass is 32.1. The third-order valence-electron chi connectivity index (χ3n) is 5.48. The van der Waals surface area contributed by atoms with Crippen LogP contribution in [0.4, 0.5) is 5.13 Å². The van der Waals surface area contributed by atoms with E-state index in [-0.39, 0.29) is 11.8 Å². The summed E-state index contributed by atoms with van der Waals surface area (Å²) in [6, 6.07) is 10.9. The third kappa shape index (κ3) is 5.89. The molecule has 2 amide bonds. The molecule has 178 valence electrons. The number of pyridine rings is 1. The first-order chi connectivity index (χ1) is 16.6. The number of amides is 2. The van der Waals surface area contributed by atoms with E-state index in [0.717, 1.165) is 29.1 Å². The number of hydrogen-bond acceptors (Lipinski definition) is 8. The summed E-state index contributed by atoms with van der Waals surface area (Å²) in [5, 5.41) is 6.37. The van der Waals surface area contributed by atoms with Gasteiger partial charge in [-0.1, -0.05) is 12.1 Å². The van der Waals surface area contributed by atoms with Crippen molar-refractivity contribution in [2.45, 2.75) is 19.4 Å². The molecule has 2 aromatic heterocycles. The van der Waals surface area contributed by atoms with Crippen LogP contribution in [0.5, 0.6) is 11.5 Å². The van der Waals surface area contributed by atoms with Crippen molar-refractivity contribution in [3.63, 3.8) is 0 Å². The molecule has 0 saturated carbocycles. The zero-order chi connectivity index (χ0) is 23.9. The van der Waals surface area contributed by atoms with E-state index in [1.807, 2.05) is 18.2 Å². The number of benzene rings is 1. The van der Waals surface area contributed by atoms with Gasteiger partial charge in [0, 0.05) is 37.1 Å². The molecule has 1 aliphatic rings. The minimum absolute atomic E-state index is 0.0166. The van der Waals surface area contributed by atoms with Gasteiger partial charge >= 0.3 is 0 Å². The maximum absolute atomic E-state index is 12.5. The molecule has 10 heteroatoms. The van der Waals surface area contributed by atoms with E-state index in [9.17, 15) is 9.59 Å². The van der Waals surface area contributed by atoms with Gasteiger partial charge in [-0.15, -0.1) is 11.3 Å². The molecule has 2 N–H and O–H groups in total. The molecule has 0 fully saturated rings. The predicted molar refractivity (Wildman–Crippen MR) is 130 cm³/mol. The summed E-state index contributed by atoms with van der Waals surface area (Å²) in [6.07, 6.45) is 3.02. The summed E-state index contributed by atoms with van der Waals surface area (Å²) in [7, 11) is 3.21. The Kier molecular flexibility index (Phi) is 7.71. The number of aromatic nitrogens is 2. The van der Waals surface area contributed by atoms with Crippen molar-refractivity contribution in [2.24, 2.45) is 0 Å². The Hall–Kier alpha value is -3.50. The number of anilines is 1. The Morgan fingerprint density at radius 1 is 1.15 bits per heavy atom. The monoisotopic (exact) mass is 481 g/mol. The van der Waals surface area contributed by atoms with Crippen molar-refractivity contribution in [3.8, 4) is 11.5 Å². The number of carbonyl (C=O) groups excluding carboxylic acids is 2. The van der Waals surface area contributed by atoms with Crippen molar-refractivity contribution in [3.05, 3.63) is 64.4 Å². The molecule has 3 heterocycles. The summed E-state index contributed by atoms with van der Waals surface area (Å²) >= 11 is 1.44. The van der Waals surface area contributed by atoms with Crippen LogP contribution in [0.1, 0.15) is 26.6 Å².